The third kappa shape index (κ3) is 13.8. The van der Waals surface area contributed by atoms with Crippen molar-refractivity contribution < 1.29 is 19.4 Å². The molecule has 31 heavy (non-hydrogen) atoms. The monoisotopic (exact) mass is 433 g/mol. The zero-order valence-corrected chi connectivity index (χ0v) is 19.7. The molecule has 0 aliphatic carbocycles. The van der Waals surface area contributed by atoms with E-state index in [4.69, 9.17) is 4.74 Å². The van der Waals surface area contributed by atoms with Crippen LogP contribution in [0.15, 0.2) is 24.3 Å². The summed E-state index contributed by atoms with van der Waals surface area (Å²) in [4.78, 5) is 23.7. The van der Waals surface area contributed by atoms with Gasteiger partial charge >= 0.3 is 5.97 Å². The predicted molar refractivity (Wildman–Crippen MR) is 127 cm³/mol. The van der Waals surface area contributed by atoms with Crippen molar-refractivity contribution in [2.45, 2.75) is 109 Å². The first-order valence-corrected chi connectivity index (χ1v) is 12.2. The molecule has 0 heterocycles. The van der Waals surface area contributed by atoms with E-state index >= 15 is 0 Å². The molecule has 0 aromatic heterocycles. The predicted octanol–water partition coefficient (Wildman–Crippen LogP) is 6.29. The van der Waals surface area contributed by atoms with Crippen LogP contribution in [-0.2, 0) is 16.0 Å². The van der Waals surface area contributed by atoms with Gasteiger partial charge in [-0.15, -0.1) is 0 Å². The van der Waals surface area contributed by atoms with Crippen molar-refractivity contribution in [3.05, 3.63) is 29.8 Å². The van der Waals surface area contributed by atoms with E-state index in [0.29, 0.717) is 6.42 Å². The van der Waals surface area contributed by atoms with E-state index in [-0.39, 0.29) is 12.3 Å². The zero-order valence-electron chi connectivity index (χ0n) is 19.7. The van der Waals surface area contributed by atoms with Crippen LogP contribution in [0.2, 0.25) is 0 Å². The molecule has 1 aromatic rings. The van der Waals surface area contributed by atoms with E-state index in [1.165, 1.54) is 64.2 Å². The lowest BCUT2D eigenvalue weighted by Crippen LogP contribution is -2.42. The molecule has 0 unspecified atom stereocenters. The fourth-order valence-corrected chi connectivity index (χ4v) is 3.77. The number of carboxylic acid groups (broad SMARTS) is 1. The van der Waals surface area contributed by atoms with Crippen molar-refractivity contribution in [1.29, 1.82) is 0 Å². The molecule has 0 fully saturated rings. The van der Waals surface area contributed by atoms with Gasteiger partial charge in [-0.25, -0.2) is 4.79 Å². The van der Waals surface area contributed by atoms with Gasteiger partial charge in [0.05, 0.1) is 7.11 Å². The standard InChI is InChI=1S/C26H43NO4/c1-3-4-5-6-7-8-9-10-11-12-13-14-15-16-25(28)27-24(26(29)30)21-22-17-19-23(31-2)20-18-22/h17-20,24H,3-16,21H2,1-2H3,(H,27,28)(H,29,30)/t24-/m0/s1. The van der Waals surface area contributed by atoms with Gasteiger partial charge in [-0.3, -0.25) is 4.79 Å². The minimum Gasteiger partial charge on any atom is -0.497 e. The minimum absolute atomic E-state index is 0.177. The van der Waals surface area contributed by atoms with Crippen LogP contribution in [0.5, 0.6) is 5.75 Å². The second kappa shape index (κ2) is 17.6. The quantitative estimate of drug-likeness (QED) is 0.251. The number of benzene rings is 1. The molecule has 0 saturated carbocycles. The van der Waals surface area contributed by atoms with E-state index in [1.54, 1.807) is 19.2 Å². The Kier molecular flexibility index (Phi) is 15.3. The number of hydrogen-bond donors (Lipinski definition) is 2. The van der Waals surface area contributed by atoms with Crippen LogP contribution in [0.4, 0.5) is 0 Å². The Bertz CT molecular complexity index is 600. The van der Waals surface area contributed by atoms with Gasteiger partial charge in [0.15, 0.2) is 0 Å². The van der Waals surface area contributed by atoms with Gasteiger partial charge in [0.2, 0.25) is 5.91 Å². The highest BCUT2D eigenvalue weighted by Crippen LogP contribution is 2.14. The molecule has 5 heteroatoms. The number of ether oxygens (including phenoxy) is 1. The van der Waals surface area contributed by atoms with Gasteiger partial charge in [-0.05, 0) is 24.1 Å². The smallest absolute Gasteiger partial charge is 0.326 e. The molecular formula is C26H43NO4. The Hall–Kier alpha value is -2.04. The molecule has 0 aliphatic rings. The molecular weight excluding hydrogens is 390 g/mol. The van der Waals surface area contributed by atoms with Gasteiger partial charge in [-0.1, -0.05) is 96.1 Å². The third-order valence-corrected chi connectivity index (χ3v) is 5.74. The highest BCUT2D eigenvalue weighted by atomic mass is 16.5. The van der Waals surface area contributed by atoms with Gasteiger partial charge < -0.3 is 15.2 Å². The fraction of sp³-hybridized carbons (Fsp3) is 0.692. The average molecular weight is 434 g/mol. The largest absolute Gasteiger partial charge is 0.497 e. The SMILES string of the molecule is CCCCCCCCCCCCCCCC(=O)N[C@@H](Cc1ccc(OC)cc1)C(=O)O. The molecule has 0 bridgehead atoms. The molecule has 1 rings (SSSR count). The fourth-order valence-electron chi connectivity index (χ4n) is 3.77. The highest BCUT2D eigenvalue weighted by molar-refractivity contribution is 5.83. The average Bonchev–Trinajstić information content (AvgIpc) is 2.77. The first-order chi connectivity index (χ1) is 15.1. The molecule has 2 N–H and O–H groups in total. The van der Waals surface area contributed by atoms with E-state index in [2.05, 4.69) is 12.2 Å². The van der Waals surface area contributed by atoms with Crippen LogP contribution < -0.4 is 10.1 Å². The summed E-state index contributed by atoms with van der Waals surface area (Å²) >= 11 is 0. The lowest BCUT2D eigenvalue weighted by atomic mass is 10.0. The molecule has 176 valence electrons. The van der Waals surface area contributed by atoms with E-state index in [0.717, 1.165) is 30.6 Å². The second-order valence-corrected chi connectivity index (χ2v) is 8.50. The Morgan fingerprint density at radius 3 is 1.77 bits per heavy atom. The molecule has 0 radical (unpaired) electrons. The lowest BCUT2D eigenvalue weighted by Gasteiger charge is -2.15. The van der Waals surface area contributed by atoms with Gasteiger partial charge in [0, 0.05) is 12.8 Å². The summed E-state index contributed by atoms with van der Waals surface area (Å²) < 4.78 is 5.11. The summed E-state index contributed by atoms with van der Waals surface area (Å²) in [5.74, 6) is -0.458. The number of carbonyl (C=O) groups excluding carboxylic acids is 1. The van der Waals surface area contributed by atoms with Crippen LogP contribution >= 0.6 is 0 Å². The number of hydrogen-bond acceptors (Lipinski definition) is 3. The maximum Gasteiger partial charge on any atom is 0.326 e. The first-order valence-electron chi connectivity index (χ1n) is 12.2. The van der Waals surface area contributed by atoms with E-state index < -0.39 is 12.0 Å². The van der Waals surface area contributed by atoms with E-state index in [9.17, 15) is 14.7 Å². The summed E-state index contributed by atoms with van der Waals surface area (Å²) in [7, 11) is 1.59. The number of unbranched alkanes of at least 4 members (excludes halogenated alkanes) is 12. The molecule has 0 saturated heterocycles. The topological polar surface area (TPSA) is 75.6 Å². The third-order valence-electron chi connectivity index (χ3n) is 5.74. The van der Waals surface area contributed by atoms with Crippen molar-refractivity contribution in [3.8, 4) is 5.75 Å². The van der Waals surface area contributed by atoms with Crippen LogP contribution in [0.3, 0.4) is 0 Å². The molecule has 1 atom stereocenters. The summed E-state index contributed by atoms with van der Waals surface area (Å²) in [5.41, 5.74) is 0.856. The first kappa shape index (κ1) is 27.0. The second-order valence-electron chi connectivity index (χ2n) is 8.50. The highest BCUT2D eigenvalue weighted by Gasteiger charge is 2.20. The van der Waals surface area contributed by atoms with Crippen LogP contribution in [-0.4, -0.2) is 30.1 Å². The number of amides is 1. The number of rotatable bonds is 19. The number of carboxylic acids is 1. The number of nitrogens with one attached hydrogen (secondary N) is 1. The lowest BCUT2D eigenvalue weighted by molar-refractivity contribution is -0.141. The Morgan fingerprint density at radius 1 is 0.839 bits per heavy atom. The van der Waals surface area contributed by atoms with E-state index in [1.807, 2.05) is 12.1 Å². The van der Waals surface area contributed by atoms with Crippen molar-refractivity contribution in [3.63, 3.8) is 0 Å². The Morgan fingerprint density at radius 2 is 1.32 bits per heavy atom. The summed E-state index contributed by atoms with van der Waals surface area (Å²) in [6, 6.07) is 6.34. The molecule has 0 spiro atoms. The Labute approximate surface area is 189 Å². The van der Waals surface area contributed by atoms with Crippen molar-refractivity contribution in [2.75, 3.05) is 7.11 Å². The van der Waals surface area contributed by atoms with Gasteiger partial charge in [0.1, 0.15) is 11.8 Å². The normalized spacial score (nSPS) is 11.8. The van der Waals surface area contributed by atoms with Crippen molar-refractivity contribution in [2.24, 2.45) is 0 Å². The molecule has 0 aliphatic heterocycles. The van der Waals surface area contributed by atoms with Crippen molar-refractivity contribution in [1.82, 2.24) is 5.32 Å². The molecule has 5 nitrogen and oxygen atoms in total. The van der Waals surface area contributed by atoms with Crippen LogP contribution in [0, 0.1) is 0 Å². The minimum atomic E-state index is -1.01. The van der Waals surface area contributed by atoms with Gasteiger partial charge in [-0.2, -0.15) is 0 Å². The number of aliphatic carboxylic acids is 1. The number of methoxy groups -OCH3 is 1. The summed E-state index contributed by atoms with van der Waals surface area (Å²) in [6.07, 6.45) is 17.0. The van der Waals surface area contributed by atoms with Crippen LogP contribution in [0.1, 0.15) is 102 Å². The maximum absolute atomic E-state index is 12.2. The van der Waals surface area contributed by atoms with Crippen LogP contribution in [0.25, 0.3) is 0 Å². The van der Waals surface area contributed by atoms with Crippen molar-refractivity contribution >= 4 is 11.9 Å². The maximum atomic E-state index is 12.2. The molecule has 1 aromatic carbocycles. The van der Waals surface area contributed by atoms with Gasteiger partial charge in [0.25, 0.3) is 0 Å². The molecule has 1 amide bonds. The summed E-state index contributed by atoms with van der Waals surface area (Å²) in [6.45, 7) is 2.25. The zero-order chi connectivity index (χ0) is 22.7. The summed E-state index contributed by atoms with van der Waals surface area (Å²) in [5, 5.41) is 12.1. The number of carbonyl (C=O) groups is 2. The Balaban J connectivity index is 2.08.